The van der Waals surface area contributed by atoms with Gasteiger partial charge in [-0.05, 0) is 30.3 Å². The molecular formula is C20H20N2O6S. The summed E-state index contributed by atoms with van der Waals surface area (Å²) in [7, 11) is 0.483. The molecule has 0 radical (unpaired) electrons. The number of carbonyl (C=O) groups is 1. The largest absolute Gasteiger partial charge is 0.493 e. The standard InChI is InChI=1S/C20H20N2O6S/c1-26-16-10-14(11-17(27-2)20(16)28-3)19(23)13-8-9-22(12-13)15-6-4-5-7-18(15)29(21,24)25/h4-12H,1-3H3,(H2,21,24,25). The molecule has 9 heteroatoms. The van der Waals surface area contributed by atoms with Crippen LogP contribution in [-0.4, -0.2) is 40.1 Å². The highest BCUT2D eigenvalue weighted by atomic mass is 32.2. The Morgan fingerprint density at radius 3 is 2.10 bits per heavy atom. The number of rotatable bonds is 7. The second kappa shape index (κ2) is 7.98. The molecule has 3 aromatic rings. The summed E-state index contributed by atoms with van der Waals surface area (Å²) in [5.41, 5.74) is 1.03. The number of benzene rings is 2. The Morgan fingerprint density at radius 2 is 1.55 bits per heavy atom. The van der Waals surface area contributed by atoms with Gasteiger partial charge in [0, 0.05) is 23.5 Å². The molecule has 0 saturated carbocycles. The first-order valence-corrected chi connectivity index (χ1v) is 9.99. The monoisotopic (exact) mass is 416 g/mol. The Bertz CT molecular complexity index is 1140. The third-order valence-corrected chi connectivity index (χ3v) is 5.29. The highest BCUT2D eigenvalue weighted by molar-refractivity contribution is 7.89. The number of hydrogen-bond acceptors (Lipinski definition) is 6. The van der Waals surface area contributed by atoms with Crippen LogP contribution in [0.4, 0.5) is 0 Å². The van der Waals surface area contributed by atoms with E-state index in [2.05, 4.69) is 0 Å². The van der Waals surface area contributed by atoms with Crippen molar-refractivity contribution >= 4 is 15.8 Å². The number of methoxy groups -OCH3 is 3. The van der Waals surface area contributed by atoms with Crippen LogP contribution in [0.3, 0.4) is 0 Å². The number of carbonyl (C=O) groups excluding carboxylic acids is 1. The van der Waals surface area contributed by atoms with Crippen molar-refractivity contribution in [3.8, 4) is 22.9 Å². The third-order valence-electron chi connectivity index (χ3n) is 4.33. The summed E-state index contributed by atoms with van der Waals surface area (Å²) in [5, 5.41) is 5.30. The number of para-hydroxylation sites is 1. The first kappa shape index (κ1) is 20.4. The minimum atomic E-state index is -3.92. The molecule has 3 rings (SSSR count). The predicted molar refractivity (Wildman–Crippen MR) is 107 cm³/mol. The molecule has 8 nitrogen and oxygen atoms in total. The van der Waals surface area contributed by atoms with Crippen molar-refractivity contribution in [1.29, 1.82) is 0 Å². The minimum absolute atomic E-state index is 0.0395. The van der Waals surface area contributed by atoms with Crippen LogP contribution in [-0.2, 0) is 10.0 Å². The lowest BCUT2D eigenvalue weighted by atomic mass is 10.0. The second-order valence-corrected chi connectivity index (χ2v) is 7.59. The lowest BCUT2D eigenvalue weighted by Crippen LogP contribution is -2.14. The molecule has 29 heavy (non-hydrogen) atoms. The van der Waals surface area contributed by atoms with Crippen LogP contribution in [0.2, 0.25) is 0 Å². The van der Waals surface area contributed by atoms with E-state index in [-0.39, 0.29) is 10.7 Å². The van der Waals surface area contributed by atoms with Crippen LogP contribution in [0.1, 0.15) is 15.9 Å². The lowest BCUT2D eigenvalue weighted by Gasteiger charge is -2.13. The summed E-state index contributed by atoms with van der Waals surface area (Å²) in [6.07, 6.45) is 3.13. The number of ether oxygens (including phenoxy) is 3. The SMILES string of the molecule is COc1cc(C(=O)c2ccn(-c3ccccc3S(N)(=O)=O)c2)cc(OC)c1OC. The van der Waals surface area contributed by atoms with Crippen molar-refractivity contribution in [3.63, 3.8) is 0 Å². The summed E-state index contributed by atoms with van der Waals surface area (Å²) in [5.74, 6) is 0.797. The Balaban J connectivity index is 2.04. The van der Waals surface area contributed by atoms with Crippen LogP contribution in [0, 0.1) is 0 Å². The molecule has 1 heterocycles. The average Bonchev–Trinajstić information content (AvgIpc) is 3.21. The zero-order valence-corrected chi connectivity index (χ0v) is 16.9. The van der Waals surface area contributed by atoms with Crippen molar-refractivity contribution < 1.29 is 27.4 Å². The maximum absolute atomic E-state index is 13.0. The van der Waals surface area contributed by atoms with Crippen molar-refractivity contribution in [3.05, 3.63) is 66.0 Å². The number of primary sulfonamides is 1. The van der Waals surface area contributed by atoms with Gasteiger partial charge in [0.25, 0.3) is 0 Å². The first-order chi connectivity index (χ1) is 13.8. The van der Waals surface area contributed by atoms with Gasteiger partial charge in [-0.15, -0.1) is 0 Å². The van der Waals surface area contributed by atoms with Gasteiger partial charge in [-0.3, -0.25) is 4.79 Å². The molecule has 0 aliphatic heterocycles. The number of hydrogen-bond donors (Lipinski definition) is 1. The van der Waals surface area contributed by atoms with Crippen LogP contribution >= 0.6 is 0 Å². The van der Waals surface area contributed by atoms with E-state index in [9.17, 15) is 13.2 Å². The number of aromatic nitrogens is 1. The molecule has 0 saturated heterocycles. The van der Waals surface area contributed by atoms with Gasteiger partial charge in [0.15, 0.2) is 17.3 Å². The second-order valence-electron chi connectivity index (χ2n) is 6.06. The van der Waals surface area contributed by atoms with E-state index in [0.717, 1.165) is 0 Å². The zero-order chi connectivity index (χ0) is 21.2. The van der Waals surface area contributed by atoms with Crippen LogP contribution in [0.15, 0.2) is 59.8 Å². The quantitative estimate of drug-likeness (QED) is 0.592. The zero-order valence-electron chi connectivity index (χ0n) is 16.1. The smallest absolute Gasteiger partial charge is 0.240 e. The lowest BCUT2D eigenvalue weighted by molar-refractivity contribution is 0.103. The molecule has 0 amide bonds. The van der Waals surface area contributed by atoms with Crippen molar-refractivity contribution in [2.45, 2.75) is 4.90 Å². The molecule has 2 aromatic carbocycles. The Morgan fingerprint density at radius 1 is 0.931 bits per heavy atom. The molecule has 2 N–H and O–H groups in total. The van der Waals surface area contributed by atoms with Crippen LogP contribution in [0.5, 0.6) is 17.2 Å². The minimum Gasteiger partial charge on any atom is -0.493 e. The maximum Gasteiger partial charge on any atom is 0.240 e. The Labute approximate surface area is 168 Å². The fraction of sp³-hybridized carbons (Fsp3) is 0.150. The number of nitrogens with two attached hydrogens (primary N) is 1. The average molecular weight is 416 g/mol. The molecule has 0 fully saturated rings. The fourth-order valence-electron chi connectivity index (χ4n) is 2.97. The van der Waals surface area contributed by atoms with Gasteiger partial charge in [0.2, 0.25) is 15.8 Å². The molecule has 152 valence electrons. The summed E-state index contributed by atoms with van der Waals surface area (Å²) in [6, 6.07) is 11.0. The van der Waals surface area contributed by atoms with E-state index in [1.165, 1.54) is 38.2 Å². The molecule has 0 bridgehead atoms. The number of sulfonamides is 1. The third kappa shape index (κ3) is 3.96. The van der Waals surface area contributed by atoms with E-state index in [4.69, 9.17) is 19.3 Å². The molecule has 0 atom stereocenters. The molecule has 0 aliphatic carbocycles. The van der Waals surface area contributed by atoms with Gasteiger partial charge in [-0.1, -0.05) is 12.1 Å². The van der Waals surface area contributed by atoms with E-state index in [0.29, 0.717) is 34.1 Å². The van der Waals surface area contributed by atoms with E-state index >= 15 is 0 Å². The summed E-state index contributed by atoms with van der Waals surface area (Å²) < 4.78 is 41.1. The molecule has 0 aliphatic rings. The topological polar surface area (TPSA) is 110 Å². The van der Waals surface area contributed by atoms with Crippen molar-refractivity contribution in [2.24, 2.45) is 5.14 Å². The Kier molecular flexibility index (Phi) is 5.62. The van der Waals surface area contributed by atoms with Gasteiger partial charge in [-0.25, -0.2) is 13.6 Å². The molecule has 0 unspecified atom stereocenters. The fourth-order valence-corrected chi connectivity index (χ4v) is 3.70. The number of ketones is 1. The summed E-state index contributed by atoms with van der Waals surface area (Å²) >= 11 is 0. The molecular weight excluding hydrogens is 396 g/mol. The van der Waals surface area contributed by atoms with Crippen LogP contribution in [0.25, 0.3) is 5.69 Å². The van der Waals surface area contributed by atoms with Gasteiger partial charge in [0.05, 0.1) is 27.0 Å². The van der Waals surface area contributed by atoms with E-state index in [1.807, 2.05) is 0 Å². The van der Waals surface area contributed by atoms with E-state index in [1.54, 1.807) is 42.6 Å². The van der Waals surface area contributed by atoms with Crippen molar-refractivity contribution in [2.75, 3.05) is 21.3 Å². The number of nitrogens with zero attached hydrogens (tertiary/aromatic N) is 1. The van der Waals surface area contributed by atoms with Gasteiger partial charge >= 0.3 is 0 Å². The van der Waals surface area contributed by atoms with Crippen molar-refractivity contribution in [1.82, 2.24) is 4.57 Å². The normalized spacial score (nSPS) is 11.2. The van der Waals surface area contributed by atoms with E-state index < -0.39 is 10.0 Å². The molecule has 1 aromatic heterocycles. The van der Waals surface area contributed by atoms with Gasteiger partial charge in [0.1, 0.15) is 4.90 Å². The van der Waals surface area contributed by atoms with Crippen LogP contribution < -0.4 is 19.3 Å². The highest BCUT2D eigenvalue weighted by Crippen LogP contribution is 2.38. The highest BCUT2D eigenvalue weighted by Gasteiger charge is 2.20. The summed E-state index contributed by atoms with van der Waals surface area (Å²) in [4.78, 5) is 13.0. The molecule has 0 spiro atoms. The Hall–Kier alpha value is -3.30. The predicted octanol–water partition coefficient (Wildman–Crippen LogP) is 2.38. The first-order valence-electron chi connectivity index (χ1n) is 8.45. The summed E-state index contributed by atoms with van der Waals surface area (Å²) in [6.45, 7) is 0. The van der Waals surface area contributed by atoms with Gasteiger partial charge < -0.3 is 18.8 Å². The maximum atomic E-state index is 13.0. The van der Waals surface area contributed by atoms with Gasteiger partial charge in [-0.2, -0.15) is 0 Å².